The average Bonchev–Trinajstić information content (AvgIpc) is 2.82. The van der Waals surface area contributed by atoms with E-state index >= 15 is 0 Å². The fraction of sp³-hybridized carbons (Fsp3) is 0.933. The molecule has 3 nitrogen and oxygen atoms in total. The van der Waals surface area contributed by atoms with Crippen molar-refractivity contribution in [2.24, 2.45) is 23.0 Å². The maximum atomic E-state index is 12.0. The highest BCUT2D eigenvalue weighted by Crippen LogP contribution is 2.35. The topological polar surface area (TPSA) is 46.3 Å². The molecule has 3 unspecified atom stereocenters. The number of amides is 1. The number of hydrogen-bond donors (Lipinski definition) is 1. The van der Waals surface area contributed by atoms with Crippen molar-refractivity contribution in [2.75, 3.05) is 13.1 Å². The second-order valence-electron chi connectivity index (χ2n) is 7.25. The van der Waals surface area contributed by atoms with Crippen LogP contribution >= 0.6 is 0 Å². The number of carbonyl (C=O) groups excluding carboxylic acids is 1. The van der Waals surface area contributed by atoms with Crippen molar-refractivity contribution in [2.45, 2.75) is 58.9 Å². The first kappa shape index (κ1) is 13.9. The summed E-state index contributed by atoms with van der Waals surface area (Å²) in [6.45, 7) is 8.58. The van der Waals surface area contributed by atoms with Gasteiger partial charge in [0.15, 0.2) is 0 Å². The number of hydrogen-bond acceptors (Lipinski definition) is 2. The number of nitrogens with zero attached hydrogens (tertiary/aromatic N) is 1. The number of likely N-dealkylation sites (tertiary alicyclic amines) is 1. The monoisotopic (exact) mass is 252 g/mol. The smallest absolute Gasteiger partial charge is 0.222 e. The molecule has 0 bridgehead atoms. The third-order valence-corrected chi connectivity index (χ3v) is 4.93. The predicted octanol–water partition coefficient (Wildman–Crippen LogP) is 2.40. The molecule has 1 amide bonds. The van der Waals surface area contributed by atoms with Gasteiger partial charge in [0.2, 0.25) is 5.91 Å². The van der Waals surface area contributed by atoms with E-state index in [9.17, 15) is 4.79 Å². The van der Waals surface area contributed by atoms with E-state index in [1.165, 1.54) is 19.3 Å². The predicted molar refractivity (Wildman–Crippen MR) is 74.1 cm³/mol. The van der Waals surface area contributed by atoms with E-state index in [1.54, 1.807) is 0 Å². The van der Waals surface area contributed by atoms with E-state index in [0.29, 0.717) is 23.8 Å². The van der Waals surface area contributed by atoms with Crippen LogP contribution in [0.4, 0.5) is 0 Å². The Bertz CT molecular complexity index is 308. The lowest BCUT2D eigenvalue weighted by Gasteiger charge is -2.27. The van der Waals surface area contributed by atoms with Crippen LogP contribution < -0.4 is 5.73 Å². The SMILES string of the molecule is CC(C)(C)C1CC(=O)N(CCC2CCCC2N)C1. The molecule has 1 heterocycles. The summed E-state index contributed by atoms with van der Waals surface area (Å²) in [6.07, 6.45) is 5.53. The Labute approximate surface area is 111 Å². The van der Waals surface area contributed by atoms with Gasteiger partial charge in [-0.1, -0.05) is 27.2 Å². The van der Waals surface area contributed by atoms with Crippen LogP contribution in [0.15, 0.2) is 0 Å². The van der Waals surface area contributed by atoms with Gasteiger partial charge in [0.1, 0.15) is 0 Å². The van der Waals surface area contributed by atoms with Gasteiger partial charge in [-0.15, -0.1) is 0 Å². The fourth-order valence-corrected chi connectivity index (χ4v) is 3.31. The molecule has 0 aromatic heterocycles. The third kappa shape index (κ3) is 3.05. The summed E-state index contributed by atoms with van der Waals surface area (Å²) < 4.78 is 0. The van der Waals surface area contributed by atoms with Crippen LogP contribution in [-0.4, -0.2) is 29.9 Å². The van der Waals surface area contributed by atoms with Gasteiger partial charge in [-0.05, 0) is 36.5 Å². The molecule has 2 rings (SSSR count). The van der Waals surface area contributed by atoms with Gasteiger partial charge in [0, 0.05) is 25.6 Å². The van der Waals surface area contributed by atoms with E-state index in [1.807, 2.05) is 0 Å². The van der Waals surface area contributed by atoms with Crippen molar-refractivity contribution in [1.29, 1.82) is 0 Å². The van der Waals surface area contributed by atoms with Crippen LogP contribution in [0.25, 0.3) is 0 Å². The molecule has 0 spiro atoms. The highest BCUT2D eigenvalue weighted by Gasteiger charge is 2.37. The minimum absolute atomic E-state index is 0.244. The lowest BCUT2D eigenvalue weighted by atomic mass is 9.80. The number of rotatable bonds is 3. The Morgan fingerprint density at radius 2 is 2.06 bits per heavy atom. The molecule has 18 heavy (non-hydrogen) atoms. The molecular formula is C15H28N2O. The van der Waals surface area contributed by atoms with Crippen LogP contribution in [0.5, 0.6) is 0 Å². The number of nitrogens with two attached hydrogens (primary N) is 1. The first-order valence-electron chi connectivity index (χ1n) is 7.41. The van der Waals surface area contributed by atoms with Crippen molar-refractivity contribution in [3.63, 3.8) is 0 Å². The molecule has 0 aromatic rings. The summed E-state index contributed by atoms with van der Waals surface area (Å²) in [5.74, 6) is 1.51. The van der Waals surface area contributed by atoms with Crippen LogP contribution in [0, 0.1) is 17.3 Å². The summed E-state index contributed by atoms with van der Waals surface area (Å²) in [5.41, 5.74) is 6.34. The van der Waals surface area contributed by atoms with Crippen molar-refractivity contribution in [1.82, 2.24) is 4.90 Å². The Morgan fingerprint density at radius 1 is 1.33 bits per heavy atom. The van der Waals surface area contributed by atoms with Gasteiger partial charge in [0.25, 0.3) is 0 Å². The second kappa shape index (κ2) is 5.20. The molecule has 1 aliphatic heterocycles. The molecule has 1 aliphatic carbocycles. The molecule has 1 saturated carbocycles. The van der Waals surface area contributed by atoms with Crippen LogP contribution in [0.3, 0.4) is 0 Å². The summed E-state index contributed by atoms with van der Waals surface area (Å²) >= 11 is 0. The molecule has 1 saturated heterocycles. The van der Waals surface area contributed by atoms with E-state index in [4.69, 9.17) is 5.73 Å². The van der Waals surface area contributed by atoms with E-state index < -0.39 is 0 Å². The van der Waals surface area contributed by atoms with Crippen molar-refractivity contribution in [3.8, 4) is 0 Å². The minimum atomic E-state index is 0.244. The maximum Gasteiger partial charge on any atom is 0.222 e. The zero-order valence-corrected chi connectivity index (χ0v) is 12.1. The van der Waals surface area contributed by atoms with Gasteiger partial charge < -0.3 is 10.6 Å². The third-order valence-electron chi connectivity index (χ3n) is 4.93. The molecule has 0 radical (unpaired) electrons. The van der Waals surface area contributed by atoms with Crippen molar-refractivity contribution >= 4 is 5.91 Å². The van der Waals surface area contributed by atoms with Gasteiger partial charge in [0.05, 0.1) is 0 Å². The van der Waals surface area contributed by atoms with E-state index in [-0.39, 0.29) is 5.41 Å². The Balaban J connectivity index is 1.82. The van der Waals surface area contributed by atoms with Crippen LogP contribution in [0.2, 0.25) is 0 Å². The molecular weight excluding hydrogens is 224 g/mol. The quantitative estimate of drug-likeness (QED) is 0.838. The van der Waals surface area contributed by atoms with Crippen LogP contribution in [-0.2, 0) is 4.79 Å². The highest BCUT2D eigenvalue weighted by atomic mass is 16.2. The lowest BCUT2D eigenvalue weighted by Crippen LogP contribution is -2.32. The Hall–Kier alpha value is -0.570. The van der Waals surface area contributed by atoms with Gasteiger partial charge in [-0.3, -0.25) is 4.79 Å². The van der Waals surface area contributed by atoms with Gasteiger partial charge in [-0.25, -0.2) is 0 Å². The van der Waals surface area contributed by atoms with Crippen molar-refractivity contribution in [3.05, 3.63) is 0 Å². The summed E-state index contributed by atoms with van der Waals surface area (Å²) in [6, 6.07) is 0.376. The average molecular weight is 252 g/mol. The first-order valence-corrected chi connectivity index (χ1v) is 7.41. The summed E-state index contributed by atoms with van der Waals surface area (Å²) in [5, 5.41) is 0. The molecule has 104 valence electrons. The van der Waals surface area contributed by atoms with Gasteiger partial charge in [-0.2, -0.15) is 0 Å². The normalized spacial score (nSPS) is 33.4. The zero-order chi connectivity index (χ0) is 13.3. The standard InChI is InChI=1S/C15H28N2O/c1-15(2,3)12-9-14(18)17(10-12)8-7-11-5-4-6-13(11)16/h11-13H,4-10,16H2,1-3H3. The first-order chi connectivity index (χ1) is 8.38. The molecule has 3 heteroatoms. The number of carbonyl (C=O) groups is 1. The van der Waals surface area contributed by atoms with E-state index in [2.05, 4.69) is 25.7 Å². The summed E-state index contributed by atoms with van der Waals surface area (Å²) in [4.78, 5) is 14.1. The molecule has 2 fully saturated rings. The Kier molecular flexibility index (Phi) is 4.00. The zero-order valence-electron chi connectivity index (χ0n) is 12.1. The maximum absolute atomic E-state index is 12.0. The van der Waals surface area contributed by atoms with Crippen molar-refractivity contribution < 1.29 is 4.79 Å². The molecule has 3 atom stereocenters. The largest absolute Gasteiger partial charge is 0.342 e. The van der Waals surface area contributed by atoms with Gasteiger partial charge >= 0.3 is 0 Å². The summed E-state index contributed by atoms with van der Waals surface area (Å²) in [7, 11) is 0. The highest BCUT2D eigenvalue weighted by molar-refractivity contribution is 5.78. The molecule has 2 aliphatic rings. The van der Waals surface area contributed by atoms with Crippen LogP contribution in [0.1, 0.15) is 52.9 Å². The fourth-order valence-electron chi connectivity index (χ4n) is 3.31. The van der Waals surface area contributed by atoms with E-state index in [0.717, 1.165) is 25.9 Å². The molecule has 2 N–H and O–H groups in total. The molecule has 0 aromatic carbocycles. The minimum Gasteiger partial charge on any atom is -0.342 e. The Morgan fingerprint density at radius 3 is 2.56 bits per heavy atom. The lowest BCUT2D eigenvalue weighted by molar-refractivity contribution is -0.127. The second-order valence-corrected chi connectivity index (χ2v) is 7.25.